The van der Waals surface area contributed by atoms with Crippen LogP contribution in [0.1, 0.15) is 10.4 Å². The zero-order valence-corrected chi connectivity index (χ0v) is 12.5. The van der Waals surface area contributed by atoms with E-state index >= 15 is 0 Å². The number of alkyl halides is 1. The Kier molecular flexibility index (Phi) is 3.98. The number of carbonyl (C=O) groups excluding carboxylic acids is 1. The summed E-state index contributed by atoms with van der Waals surface area (Å²) in [7, 11) is 0. The minimum atomic E-state index is 0.0311. The van der Waals surface area contributed by atoms with E-state index in [1.54, 1.807) is 6.20 Å². The summed E-state index contributed by atoms with van der Waals surface area (Å²) in [6, 6.07) is 9.57. The lowest BCUT2D eigenvalue weighted by Crippen LogP contribution is -2.46. The molecule has 0 N–H and O–H groups in total. The molecule has 1 atom stereocenters. The number of carbonyl (C=O) groups is 1. The molecule has 1 aromatic heterocycles. The molecule has 4 nitrogen and oxygen atoms in total. The molecule has 1 aliphatic heterocycles. The molecule has 1 saturated heterocycles. The van der Waals surface area contributed by atoms with E-state index in [0.717, 1.165) is 16.2 Å². The van der Waals surface area contributed by atoms with Crippen LogP contribution >= 0.6 is 15.9 Å². The van der Waals surface area contributed by atoms with Gasteiger partial charge in [-0.05, 0) is 12.1 Å². The molecule has 2 heterocycles. The molecular formula is C15H15BrN2O2. The zero-order chi connectivity index (χ0) is 13.9. The Bertz CT molecular complexity index is 627. The standard InChI is InChI=1S/C15H15BrN2O2/c16-9-12-10-18(7-8-20-12)15(19)13-5-1-3-11-4-2-6-17-14(11)13/h1-6,12H,7-10H2. The number of hydrogen-bond donors (Lipinski definition) is 0. The molecule has 2 aromatic rings. The highest BCUT2D eigenvalue weighted by Gasteiger charge is 2.25. The van der Waals surface area contributed by atoms with Crippen molar-refractivity contribution in [2.75, 3.05) is 25.0 Å². The Morgan fingerprint density at radius 2 is 2.25 bits per heavy atom. The van der Waals surface area contributed by atoms with Crippen molar-refractivity contribution < 1.29 is 9.53 Å². The van der Waals surface area contributed by atoms with Gasteiger partial charge in [0.15, 0.2) is 0 Å². The molecule has 5 heteroatoms. The first-order valence-corrected chi connectivity index (χ1v) is 7.72. The lowest BCUT2D eigenvalue weighted by molar-refractivity contribution is -0.00958. The molecule has 1 aromatic carbocycles. The molecule has 1 amide bonds. The number of fused-ring (bicyclic) bond motifs is 1. The van der Waals surface area contributed by atoms with Crippen molar-refractivity contribution in [3.05, 3.63) is 42.1 Å². The van der Waals surface area contributed by atoms with E-state index < -0.39 is 0 Å². The SMILES string of the molecule is O=C(c1cccc2cccnc12)N1CCOC(CBr)C1. The summed E-state index contributed by atoms with van der Waals surface area (Å²) in [6.45, 7) is 1.83. The Hall–Kier alpha value is -1.46. The largest absolute Gasteiger partial charge is 0.374 e. The molecule has 0 saturated carbocycles. The van der Waals surface area contributed by atoms with Gasteiger partial charge < -0.3 is 9.64 Å². The quantitative estimate of drug-likeness (QED) is 0.792. The van der Waals surface area contributed by atoms with Crippen molar-refractivity contribution in [1.29, 1.82) is 0 Å². The van der Waals surface area contributed by atoms with Gasteiger partial charge in [-0.25, -0.2) is 0 Å². The summed E-state index contributed by atoms with van der Waals surface area (Å²) < 4.78 is 5.57. The third-order valence-electron chi connectivity index (χ3n) is 3.46. The Labute approximate surface area is 125 Å². The van der Waals surface area contributed by atoms with Crippen LogP contribution in [0.4, 0.5) is 0 Å². The predicted molar refractivity (Wildman–Crippen MR) is 81.2 cm³/mol. The number of para-hydroxylation sites is 1. The maximum atomic E-state index is 12.7. The number of amides is 1. The highest BCUT2D eigenvalue weighted by molar-refractivity contribution is 9.09. The molecule has 20 heavy (non-hydrogen) atoms. The van der Waals surface area contributed by atoms with Crippen LogP contribution in [0, 0.1) is 0 Å². The monoisotopic (exact) mass is 334 g/mol. The van der Waals surface area contributed by atoms with Gasteiger partial charge in [-0.3, -0.25) is 9.78 Å². The zero-order valence-electron chi connectivity index (χ0n) is 11.0. The van der Waals surface area contributed by atoms with Crippen LogP contribution in [0.2, 0.25) is 0 Å². The summed E-state index contributed by atoms with van der Waals surface area (Å²) in [6.07, 6.45) is 1.79. The Balaban J connectivity index is 1.92. The number of nitrogens with zero attached hydrogens (tertiary/aromatic N) is 2. The van der Waals surface area contributed by atoms with E-state index in [1.807, 2.05) is 35.2 Å². The summed E-state index contributed by atoms with van der Waals surface area (Å²) in [5.74, 6) is 0.0311. The van der Waals surface area contributed by atoms with Crippen LogP contribution in [-0.2, 0) is 4.74 Å². The van der Waals surface area contributed by atoms with Gasteiger partial charge in [0.25, 0.3) is 5.91 Å². The van der Waals surface area contributed by atoms with E-state index in [-0.39, 0.29) is 12.0 Å². The van der Waals surface area contributed by atoms with Crippen LogP contribution < -0.4 is 0 Å². The third kappa shape index (κ3) is 2.55. The fourth-order valence-corrected chi connectivity index (χ4v) is 2.84. The van der Waals surface area contributed by atoms with Crippen molar-refractivity contribution in [2.45, 2.75) is 6.10 Å². The summed E-state index contributed by atoms with van der Waals surface area (Å²) in [5, 5.41) is 1.73. The molecule has 0 radical (unpaired) electrons. The topological polar surface area (TPSA) is 42.4 Å². The average Bonchev–Trinajstić information content (AvgIpc) is 2.53. The van der Waals surface area contributed by atoms with E-state index in [1.165, 1.54) is 0 Å². The number of morpholine rings is 1. The second kappa shape index (κ2) is 5.89. The van der Waals surface area contributed by atoms with Crippen molar-refractivity contribution in [3.8, 4) is 0 Å². The van der Waals surface area contributed by atoms with Crippen LogP contribution in [0.15, 0.2) is 36.5 Å². The number of pyridine rings is 1. The van der Waals surface area contributed by atoms with Gasteiger partial charge in [-0.2, -0.15) is 0 Å². The summed E-state index contributed by atoms with van der Waals surface area (Å²) in [5.41, 5.74) is 1.43. The number of hydrogen-bond acceptors (Lipinski definition) is 3. The van der Waals surface area contributed by atoms with E-state index in [4.69, 9.17) is 4.74 Å². The lowest BCUT2D eigenvalue weighted by atomic mass is 10.1. The number of benzene rings is 1. The molecule has 1 fully saturated rings. The number of halogens is 1. The number of ether oxygens (including phenoxy) is 1. The second-order valence-corrected chi connectivity index (χ2v) is 5.43. The lowest BCUT2D eigenvalue weighted by Gasteiger charge is -2.32. The van der Waals surface area contributed by atoms with Gasteiger partial charge in [0.1, 0.15) is 0 Å². The van der Waals surface area contributed by atoms with E-state index in [2.05, 4.69) is 20.9 Å². The molecule has 3 rings (SSSR count). The van der Waals surface area contributed by atoms with Crippen molar-refractivity contribution in [3.63, 3.8) is 0 Å². The van der Waals surface area contributed by atoms with Crippen molar-refractivity contribution in [2.24, 2.45) is 0 Å². The van der Waals surface area contributed by atoms with Crippen LogP contribution in [0.5, 0.6) is 0 Å². The maximum Gasteiger partial charge on any atom is 0.256 e. The molecule has 1 unspecified atom stereocenters. The van der Waals surface area contributed by atoms with Crippen molar-refractivity contribution in [1.82, 2.24) is 9.88 Å². The molecule has 1 aliphatic rings. The van der Waals surface area contributed by atoms with Crippen LogP contribution in [-0.4, -0.2) is 46.9 Å². The molecule has 0 bridgehead atoms. The summed E-state index contributed by atoms with van der Waals surface area (Å²) in [4.78, 5) is 18.9. The third-order valence-corrected chi connectivity index (χ3v) is 4.18. The van der Waals surface area contributed by atoms with Crippen molar-refractivity contribution >= 4 is 32.7 Å². The van der Waals surface area contributed by atoms with Crippen LogP contribution in [0.3, 0.4) is 0 Å². The highest BCUT2D eigenvalue weighted by Crippen LogP contribution is 2.19. The minimum absolute atomic E-state index is 0.0311. The van der Waals surface area contributed by atoms with Gasteiger partial charge in [0, 0.05) is 30.0 Å². The Morgan fingerprint density at radius 1 is 1.40 bits per heavy atom. The summed E-state index contributed by atoms with van der Waals surface area (Å²) >= 11 is 3.41. The molecule has 0 aliphatic carbocycles. The van der Waals surface area contributed by atoms with Gasteiger partial charge in [0.2, 0.25) is 0 Å². The first-order valence-electron chi connectivity index (χ1n) is 6.60. The number of aromatic nitrogens is 1. The van der Waals surface area contributed by atoms with Gasteiger partial charge >= 0.3 is 0 Å². The normalized spacial score (nSPS) is 19.2. The maximum absolute atomic E-state index is 12.7. The molecular weight excluding hydrogens is 320 g/mol. The first-order chi connectivity index (χ1) is 9.79. The molecule has 0 spiro atoms. The number of rotatable bonds is 2. The minimum Gasteiger partial charge on any atom is -0.374 e. The highest BCUT2D eigenvalue weighted by atomic mass is 79.9. The van der Waals surface area contributed by atoms with E-state index in [0.29, 0.717) is 25.3 Å². The average molecular weight is 335 g/mol. The second-order valence-electron chi connectivity index (χ2n) is 4.78. The van der Waals surface area contributed by atoms with E-state index in [9.17, 15) is 4.79 Å². The van der Waals surface area contributed by atoms with Gasteiger partial charge in [-0.15, -0.1) is 0 Å². The Morgan fingerprint density at radius 3 is 3.10 bits per heavy atom. The van der Waals surface area contributed by atoms with Gasteiger partial charge in [-0.1, -0.05) is 34.1 Å². The smallest absolute Gasteiger partial charge is 0.256 e. The predicted octanol–water partition coefficient (Wildman–Crippen LogP) is 2.47. The van der Waals surface area contributed by atoms with Crippen LogP contribution in [0.25, 0.3) is 10.9 Å². The fraction of sp³-hybridized carbons (Fsp3) is 0.333. The fourth-order valence-electron chi connectivity index (χ4n) is 2.44. The first kappa shape index (κ1) is 13.5. The molecule has 104 valence electrons. The van der Waals surface area contributed by atoms with Gasteiger partial charge in [0.05, 0.1) is 23.8 Å².